The molecule has 2 heterocycles. The molecule has 1 aromatic heterocycles. The zero-order chi connectivity index (χ0) is 19.9. The predicted octanol–water partition coefficient (Wildman–Crippen LogP) is 0.334. The van der Waals surface area contributed by atoms with Gasteiger partial charge in [0.05, 0.1) is 17.0 Å². The largest absolute Gasteiger partial charge is 0.328 e. The summed E-state index contributed by atoms with van der Waals surface area (Å²) in [6, 6.07) is 5.29. The molecule has 1 aromatic carbocycles. The van der Waals surface area contributed by atoms with Gasteiger partial charge in [0.15, 0.2) is 0 Å². The van der Waals surface area contributed by atoms with Crippen LogP contribution < -0.4 is 11.0 Å². The fourth-order valence-corrected chi connectivity index (χ4v) is 4.62. The fourth-order valence-electron chi connectivity index (χ4n) is 3.43. The SMILES string of the molecule is CN(C)S(=O)(=O)N1CCC[C@@H](C(=O)Nc2ccc3c(c2)n(C)c(=O)n3C)C1. The van der Waals surface area contributed by atoms with E-state index >= 15 is 0 Å². The molecule has 0 saturated carbocycles. The Labute approximate surface area is 158 Å². The number of aryl methyl sites for hydroxylation is 2. The van der Waals surface area contributed by atoms with Gasteiger partial charge in [-0.3, -0.25) is 13.9 Å². The summed E-state index contributed by atoms with van der Waals surface area (Å²) in [5.74, 6) is -0.627. The quantitative estimate of drug-likeness (QED) is 0.807. The summed E-state index contributed by atoms with van der Waals surface area (Å²) in [5, 5.41) is 2.86. The smallest absolute Gasteiger partial charge is 0.326 e. The van der Waals surface area contributed by atoms with E-state index in [1.807, 2.05) is 0 Å². The predicted molar refractivity (Wildman–Crippen MR) is 104 cm³/mol. The van der Waals surface area contributed by atoms with Crippen LogP contribution in [-0.2, 0) is 29.1 Å². The Morgan fingerprint density at radius 1 is 1.19 bits per heavy atom. The summed E-state index contributed by atoms with van der Waals surface area (Å²) in [4.78, 5) is 24.7. The lowest BCUT2D eigenvalue weighted by atomic mass is 9.98. The maximum atomic E-state index is 12.7. The highest BCUT2D eigenvalue weighted by molar-refractivity contribution is 7.86. The average molecular weight is 395 g/mol. The number of nitrogens with zero attached hydrogens (tertiary/aromatic N) is 4. The van der Waals surface area contributed by atoms with Crippen molar-refractivity contribution in [3.63, 3.8) is 0 Å². The van der Waals surface area contributed by atoms with Crippen molar-refractivity contribution in [1.82, 2.24) is 17.7 Å². The second-order valence-corrected chi connectivity index (χ2v) is 9.22. The summed E-state index contributed by atoms with van der Waals surface area (Å²) in [7, 11) is 2.82. The van der Waals surface area contributed by atoms with Gasteiger partial charge in [0.2, 0.25) is 5.91 Å². The number of imidazole rings is 1. The highest BCUT2D eigenvalue weighted by atomic mass is 32.2. The molecule has 0 bridgehead atoms. The second-order valence-electron chi connectivity index (χ2n) is 7.08. The molecule has 27 heavy (non-hydrogen) atoms. The molecule has 1 N–H and O–H groups in total. The summed E-state index contributed by atoms with van der Waals surface area (Å²) in [5.41, 5.74) is 1.95. The molecule has 3 rings (SSSR count). The van der Waals surface area contributed by atoms with Gasteiger partial charge < -0.3 is 5.32 Å². The van der Waals surface area contributed by atoms with E-state index in [4.69, 9.17) is 0 Å². The molecule has 1 atom stereocenters. The lowest BCUT2D eigenvalue weighted by Crippen LogP contribution is -2.47. The van der Waals surface area contributed by atoms with Crippen molar-refractivity contribution in [2.24, 2.45) is 20.0 Å². The number of hydrogen-bond donors (Lipinski definition) is 1. The van der Waals surface area contributed by atoms with Crippen molar-refractivity contribution in [2.45, 2.75) is 12.8 Å². The van der Waals surface area contributed by atoms with Crippen LogP contribution in [0.25, 0.3) is 11.0 Å². The van der Waals surface area contributed by atoms with Gasteiger partial charge in [0, 0.05) is 47.0 Å². The number of hydrogen-bond acceptors (Lipinski definition) is 4. The van der Waals surface area contributed by atoms with Gasteiger partial charge in [-0.1, -0.05) is 0 Å². The molecule has 10 heteroatoms. The number of carbonyl (C=O) groups excluding carboxylic acids is 1. The Morgan fingerprint density at radius 2 is 1.85 bits per heavy atom. The molecule has 1 amide bonds. The highest BCUT2D eigenvalue weighted by Crippen LogP contribution is 2.23. The minimum Gasteiger partial charge on any atom is -0.326 e. The first-order valence-electron chi connectivity index (χ1n) is 8.77. The Morgan fingerprint density at radius 3 is 2.52 bits per heavy atom. The van der Waals surface area contributed by atoms with E-state index in [-0.39, 0.29) is 18.1 Å². The van der Waals surface area contributed by atoms with Crippen LogP contribution in [0.3, 0.4) is 0 Å². The Hall–Kier alpha value is -2.17. The third-order valence-corrected chi connectivity index (χ3v) is 6.99. The maximum absolute atomic E-state index is 12.7. The summed E-state index contributed by atoms with van der Waals surface area (Å²) < 4.78 is 30.2. The van der Waals surface area contributed by atoms with Gasteiger partial charge in [-0.25, -0.2) is 4.79 Å². The van der Waals surface area contributed by atoms with Gasteiger partial charge in [0.25, 0.3) is 10.2 Å². The number of amides is 1. The summed E-state index contributed by atoms with van der Waals surface area (Å²) in [6.45, 7) is 0.584. The van der Waals surface area contributed by atoms with Crippen LogP contribution in [0, 0.1) is 5.92 Å². The first-order chi connectivity index (χ1) is 12.6. The first kappa shape index (κ1) is 19.6. The van der Waals surface area contributed by atoms with Crippen LogP contribution in [0.4, 0.5) is 5.69 Å². The van der Waals surface area contributed by atoms with Crippen LogP contribution >= 0.6 is 0 Å². The van der Waals surface area contributed by atoms with E-state index in [1.165, 1.54) is 23.0 Å². The van der Waals surface area contributed by atoms with Crippen LogP contribution in [-0.4, -0.2) is 59.3 Å². The standard InChI is InChI=1S/C17H25N5O4S/c1-19(2)27(25,26)22-9-5-6-12(11-22)16(23)18-13-7-8-14-15(10-13)21(4)17(24)20(14)3/h7-8,10,12H,5-6,9,11H2,1-4H3,(H,18,23)/t12-/m1/s1. The highest BCUT2D eigenvalue weighted by Gasteiger charge is 2.33. The van der Waals surface area contributed by atoms with E-state index < -0.39 is 16.1 Å². The number of anilines is 1. The minimum absolute atomic E-state index is 0.134. The number of fused-ring (bicyclic) bond motifs is 1. The van der Waals surface area contributed by atoms with Crippen LogP contribution in [0.15, 0.2) is 23.0 Å². The van der Waals surface area contributed by atoms with E-state index in [0.29, 0.717) is 25.1 Å². The minimum atomic E-state index is -3.53. The van der Waals surface area contributed by atoms with E-state index in [0.717, 1.165) is 15.3 Å². The molecule has 1 aliphatic rings. The monoisotopic (exact) mass is 395 g/mol. The lowest BCUT2D eigenvalue weighted by Gasteiger charge is -2.32. The van der Waals surface area contributed by atoms with Crippen molar-refractivity contribution in [1.29, 1.82) is 0 Å². The first-order valence-corrected chi connectivity index (χ1v) is 10.2. The topological polar surface area (TPSA) is 96.7 Å². The molecular weight excluding hydrogens is 370 g/mol. The average Bonchev–Trinajstić information content (AvgIpc) is 2.85. The molecule has 9 nitrogen and oxygen atoms in total. The van der Waals surface area contributed by atoms with Crippen molar-refractivity contribution in [3.8, 4) is 0 Å². The van der Waals surface area contributed by atoms with Gasteiger partial charge >= 0.3 is 5.69 Å². The second kappa shape index (κ2) is 7.10. The molecule has 1 saturated heterocycles. The summed E-state index contributed by atoms with van der Waals surface area (Å²) in [6.07, 6.45) is 1.27. The molecular formula is C17H25N5O4S. The van der Waals surface area contributed by atoms with Crippen LogP contribution in [0.5, 0.6) is 0 Å². The number of carbonyl (C=O) groups is 1. The van der Waals surface area contributed by atoms with E-state index in [1.54, 1.807) is 36.9 Å². The Bertz CT molecular complexity index is 1040. The van der Waals surface area contributed by atoms with Gasteiger partial charge in [-0.2, -0.15) is 17.0 Å². The van der Waals surface area contributed by atoms with Crippen LogP contribution in [0.2, 0.25) is 0 Å². The number of aromatic nitrogens is 2. The van der Waals surface area contributed by atoms with Gasteiger partial charge in [0.1, 0.15) is 0 Å². The lowest BCUT2D eigenvalue weighted by molar-refractivity contribution is -0.120. The molecule has 1 fully saturated rings. The number of nitrogens with one attached hydrogen (secondary N) is 1. The molecule has 1 aliphatic heterocycles. The number of rotatable bonds is 4. The number of benzene rings is 1. The van der Waals surface area contributed by atoms with E-state index in [2.05, 4.69) is 5.32 Å². The number of piperidine rings is 1. The van der Waals surface area contributed by atoms with Crippen molar-refractivity contribution >= 4 is 32.8 Å². The molecule has 0 aliphatic carbocycles. The van der Waals surface area contributed by atoms with Crippen molar-refractivity contribution in [3.05, 3.63) is 28.7 Å². The molecule has 0 radical (unpaired) electrons. The zero-order valence-electron chi connectivity index (χ0n) is 16.0. The van der Waals surface area contributed by atoms with Crippen molar-refractivity contribution in [2.75, 3.05) is 32.5 Å². The molecule has 148 valence electrons. The van der Waals surface area contributed by atoms with Gasteiger partial charge in [-0.05, 0) is 31.0 Å². The molecule has 2 aromatic rings. The van der Waals surface area contributed by atoms with Gasteiger partial charge in [-0.15, -0.1) is 0 Å². The maximum Gasteiger partial charge on any atom is 0.328 e. The Kier molecular flexibility index (Phi) is 5.15. The third-order valence-electron chi connectivity index (χ3n) is 5.08. The molecule has 0 spiro atoms. The van der Waals surface area contributed by atoms with Crippen LogP contribution in [0.1, 0.15) is 12.8 Å². The summed E-state index contributed by atoms with van der Waals surface area (Å²) >= 11 is 0. The molecule has 0 unspecified atom stereocenters. The normalized spacial score (nSPS) is 18.9. The zero-order valence-corrected chi connectivity index (χ0v) is 16.8. The Balaban J connectivity index is 1.78. The third kappa shape index (κ3) is 3.52. The van der Waals surface area contributed by atoms with Crippen molar-refractivity contribution < 1.29 is 13.2 Å². The fraction of sp³-hybridized carbons (Fsp3) is 0.529. The van der Waals surface area contributed by atoms with E-state index in [9.17, 15) is 18.0 Å².